The first kappa shape index (κ1) is 22.4. The van der Waals surface area contributed by atoms with Crippen molar-refractivity contribution in [3.05, 3.63) is 95.9 Å². The van der Waals surface area contributed by atoms with Gasteiger partial charge < -0.3 is 9.52 Å². The van der Waals surface area contributed by atoms with E-state index < -0.39 is 21.9 Å². The number of carboxylic acids is 1. The normalized spacial score (nSPS) is 12.4. The van der Waals surface area contributed by atoms with Crippen molar-refractivity contribution in [1.82, 2.24) is 4.98 Å². The molecule has 3 N–H and O–H groups in total. The van der Waals surface area contributed by atoms with Crippen LogP contribution in [0.3, 0.4) is 0 Å². The molecule has 168 valence electrons. The molecule has 4 rings (SSSR count). The van der Waals surface area contributed by atoms with Crippen LogP contribution >= 0.6 is 0 Å². The number of nitrogens with zero attached hydrogens (tertiary/aromatic N) is 1. The highest BCUT2D eigenvalue weighted by molar-refractivity contribution is 7.89. The Morgan fingerprint density at radius 2 is 1.61 bits per heavy atom. The molecule has 0 saturated carbocycles. The maximum atomic E-state index is 11.6. The zero-order valence-corrected chi connectivity index (χ0v) is 18.6. The molecule has 0 fully saturated rings. The molecule has 3 aromatic carbocycles. The first-order chi connectivity index (χ1) is 15.7. The maximum Gasteiger partial charge on any atom is 0.310 e. The lowest BCUT2D eigenvalue weighted by Gasteiger charge is -2.07. The Labute approximate surface area is 191 Å². The summed E-state index contributed by atoms with van der Waals surface area (Å²) in [5, 5.41) is 14.4. The van der Waals surface area contributed by atoms with Gasteiger partial charge in [0.1, 0.15) is 5.69 Å². The quantitative estimate of drug-likeness (QED) is 0.419. The maximum absolute atomic E-state index is 11.6. The standard InChI is InChI=1S/C25H22N2O5S/c1-16(25(28)29)18-9-7-17(8-10-18)15-22-27-23(19-5-3-2-4-6-19)24(32-22)20-11-13-21(14-12-20)33(26,30)31/h2-14,16H,15H2,1H3,(H,28,29)(H2,26,30,31). The molecule has 0 aliphatic rings. The molecular weight excluding hydrogens is 440 g/mol. The molecule has 0 aliphatic carbocycles. The number of sulfonamides is 1. The molecule has 0 amide bonds. The highest BCUT2D eigenvalue weighted by Gasteiger charge is 2.19. The minimum absolute atomic E-state index is 0.0166. The highest BCUT2D eigenvalue weighted by atomic mass is 32.2. The Morgan fingerprint density at radius 3 is 2.18 bits per heavy atom. The van der Waals surface area contributed by atoms with E-state index in [0.29, 0.717) is 29.3 Å². The first-order valence-electron chi connectivity index (χ1n) is 10.2. The number of aliphatic carboxylic acids is 1. The van der Waals surface area contributed by atoms with Crippen LogP contribution in [0, 0.1) is 0 Å². The van der Waals surface area contributed by atoms with Crippen LogP contribution < -0.4 is 5.14 Å². The Bertz CT molecular complexity index is 1380. The smallest absolute Gasteiger partial charge is 0.310 e. The van der Waals surface area contributed by atoms with Gasteiger partial charge in [0.25, 0.3) is 0 Å². The van der Waals surface area contributed by atoms with E-state index in [4.69, 9.17) is 14.5 Å². The summed E-state index contributed by atoms with van der Waals surface area (Å²) >= 11 is 0. The van der Waals surface area contributed by atoms with Crippen molar-refractivity contribution in [2.24, 2.45) is 5.14 Å². The third kappa shape index (κ3) is 5.02. The molecule has 8 heteroatoms. The van der Waals surface area contributed by atoms with Crippen molar-refractivity contribution in [3.8, 4) is 22.6 Å². The average molecular weight is 463 g/mol. The molecule has 0 aliphatic heterocycles. The zero-order chi connectivity index (χ0) is 23.6. The molecule has 0 saturated heterocycles. The van der Waals surface area contributed by atoms with E-state index in [-0.39, 0.29) is 4.90 Å². The number of aromatic nitrogens is 1. The monoisotopic (exact) mass is 462 g/mol. The van der Waals surface area contributed by atoms with Crippen LogP contribution in [0.1, 0.15) is 29.9 Å². The van der Waals surface area contributed by atoms with E-state index >= 15 is 0 Å². The van der Waals surface area contributed by atoms with Crippen molar-refractivity contribution < 1.29 is 22.7 Å². The Hall–Kier alpha value is -3.75. The largest absolute Gasteiger partial charge is 0.481 e. The van der Waals surface area contributed by atoms with Crippen LogP contribution in [0.5, 0.6) is 0 Å². The summed E-state index contributed by atoms with van der Waals surface area (Å²) in [5.74, 6) is -0.454. The lowest BCUT2D eigenvalue weighted by Crippen LogP contribution is -2.11. The van der Waals surface area contributed by atoms with Gasteiger partial charge in [0.2, 0.25) is 10.0 Å². The fourth-order valence-corrected chi connectivity index (χ4v) is 3.98. The molecule has 1 unspecified atom stereocenters. The molecule has 1 aromatic heterocycles. The van der Waals surface area contributed by atoms with Crippen molar-refractivity contribution in [3.63, 3.8) is 0 Å². The molecule has 4 aromatic rings. The van der Waals surface area contributed by atoms with Gasteiger partial charge in [0, 0.05) is 17.5 Å². The second-order valence-electron chi connectivity index (χ2n) is 7.70. The van der Waals surface area contributed by atoms with E-state index in [2.05, 4.69) is 0 Å². The number of primary sulfonamides is 1. The lowest BCUT2D eigenvalue weighted by molar-refractivity contribution is -0.138. The van der Waals surface area contributed by atoms with Gasteiger partial charge in [-0.3, -0.25) is 4.79 Å². The summed E-state index contributed by atoms with van der Waals surface area (Å²) in [6.45, 7) is 1.64. The summed E-state index contributed by atoms with van der Waals surface area (Å²) in [7, 11) is -3.80. The van der Waals surface area contributed by atoms with E-state index in [9.17, 15) is 18.3 Å². The number of carbonyl (C=O) groups is 1. The van der Waals surface area contributed by atoms with Gasteiger partial charge in [-0.15, -0.1) is 0 Å². The van der Waals surface area contributed by atoms with Crippen LogP contribution in [0.25, 0.3) is 22.6 Å². The minimum Gasteiger partial charge on any atom is -0.481 e. The van der Waals surface area contributed by atoms with Gasteiger partial charge in [-0.2, -0.15) is 0 Å². The molecule has 0 bridgehead atoms. The number of oxazole rings is 1. The Morgan fingerprint density at radius 1 is 0.970 bits per heavy atom. The Balaban J connectivity index is 1.69. The summed E-state index contributed by atoms with van der Waals surface area (Å²) in [5.41, 5.74) is 3.83. The number of benzene rings is 3. The van der Waals surface area contributed by atoms with Crippen molar-refractivity contribution >= 4 is 16.0 Å². The summed E-state index contributed by atoms with van der Waals surface area (Å²) in [6.07, 6.45) is 0.414. The van der Waals surface area contributed by atoms with Gasteiger partial charge in [0.05, 0.1) is 10.8 Å². The molecule has 0 radical (unpaired) electrons. The molecular formula is C25H22N2O5S. The summed E-state index contributed by atoms with van der Waals surface area (Å²) in [6, 6.07) is 23.0. The van der Waals surface area contributed by atoms with Gasteiger partial charge in [-0.05, 0) is 42.3 Å². The molecule has 0 spiro atoms. The molecule has 33 heavy (non-hydrogen) atoms. The fraction of sp³-hybridized carbons (Fsp3) is 0.120. The number of hydrogen-bond acceptors (Lipinski definition) is 5. The van der Waals surface area contributed by atoms with Crippen molar-refractivity contribution in [2.75, 3.05) is 0 Å². The SMILES string of the molecule is CC(C(=O)O)c1ccc(Cc2nc(-c3ccccc3)c(-c3ccc(S(N)(=O)=O)cc3)o2)cc1. The Kier molecular flexibility index (Phi) is 6.13. The molecule has 1 heterocycles. The predicted molar refractivity (Wildman–Crippen MR) is 124 cm³/mol. The van der Waals surface area contributed by atoms with Crippen molar-refractivity contribution in [2.45, 2.75) is 24.2 Å². The molecule has 1 atom stereocenters. The topological polar surface area (TPSA) is 123 Å². The first-order valence-corrected chi connectivity index (χ1v) is 11.8. The van der Waals surface area contributed by atoms with Gasteiger partial charge in [0.15, 0.2) is 11.7 Å². The van der Waals surface area contributed by atoms with Crippen LogP contribution in [-0.2, 0) is 21.2 Å². The predicted octanol–water partition coefficient (Wildman–Crippen LogP) is 4.43. The highest BCUT2D eigenvalue weighted by Crippen LogP contribution is 2.34. The zero-order valence-electron chi connectivity index (χ0n) is 17.8. The van der Waals surface area contributed by atoms with Crippen LogP contribution in [0.15, 0.2) is 88.2 Å². The van der Waals surface area contributed by atoms with E-state index in [1.807, 2.05) is 42.5 Å². The van der Waals surface area contributed by atoms with E-state index in [1.54, 1.807) is 31.2 Å². The van der Waals surface area contributed by atoms with Gasteiger partial charge in [-0.1, -0.05) is 54.6 Å². The fourth-order valence-electron chi connectivity index (χ4n) is 3.46. The third-order valence-electron chi connectivity index (χ3n) is 5.37. The minimum atomic E-state index is -3.80. The van der Waals surface area contributed by atoms with Gasteiger partial charge in [-0.25, -0.2) is 18.5 Å². The second-order valence-corrected chi connectivity index (χ2v) is 9.26. The average Bonchev–Trinajstić information content (AvgIpc) is 3.23. The van der Waals surface area contributed by atoms with Crippen molar-refractivity contribution in [1.29, 1.82) is 0 Å². The van der Waals surface area contributed by atoms with Crippen LogP contribution in [0.4, 0.5) is 0 Å². The summed E-state index contributed by atoms with van der Waals surface area (Å²) in [4.78, 5) is 15.9. The lowest BCUT2D eigenvalue weighted by atomic mass is 9.99. The number of rotatable bonds is 7. The van der Waals surface area contributed by atoms with Gasteiger partial charge >= 0.3 is 5.97 Å². The second kappa shape index (κ2) is 9.01. The number of nitrogens with two attached hydrogens (primary N) is 1. The van der Waals surface area contributed by atoms with E-state index in [0.717, 1.165) is 16.7 Å². The van der Waals surface area contributed by atoms with Crippen LogP contribution in [0.2, 0.25) is 0 Å². The third-order valence-corrected chi connectivity index (χ3v) is 6.30. The van der Waals surface area contributed by atoms with Crippen LogP contribution in [-0.4, -0.2) is 24.5 Å². The van der Waals surface area contributed by atoms with E-state index in [1.165, 1.54) is 12.1 Å². The number of carboxylic acid groups (broad SMARTS) is 1. The molecule has 7 nitrogen and oxygen atoms in total. The number of hydrogen-bond donors (Lipinski definition) is 2. The summed E-state index contributed by atoms with van der Waals surface area (Å²) < 4.78 is 29.3.